The van der Waals surface area contributed by atoms with Crippen LogP contribution >= 0.6 is 11.6 Å². The smallest absolute Gasteiger partial charge is 0.306 e. The van der Waals surface area contributed by atoms with E-state index in [1.807, 2.05) is 0 Å². The summed E-state index contributed by atoms with van der Waals surface area (Å²) < 4.78 is 5.67. The quantitative estimate of drug-likeness (QED) is 0.664. The number of rotatable bonds is 5. The van der Waals surface area contributed by atoms with Gasteiger partial charge in [-0.1, -0.05) is 18.5 Å². The molecular weight excluding hydrogens is 344 g/mol. The zero-order valence-corrected chi connectivity index (χ0v) is 14.1. The molecule has 0 saturated heterocycles. The SMILES string of the molecule is CC(Cc1c(C(=O)c2ccc(Cl)cc2)oc2cc(O)ccc12)C(=O)O. The Morgan fingerprint density at radius 1 is 1.16 bits per heavy atom. The summed E-state index contributed by atoms with van der Waals surface area (Å²) in [5.74, 6) is -1.93. The number of benzene rings is 2. The zero-order valence-electron chi connectivity index (χ0n) is 13.3. The van der Waals surface area contributed by atoms with Crippen LogP contribution in [0.5, 0.6) is 5.75 Å². The second-order valence-electron chi connectivity index (χ2n) is 5.87. The van der Waals surface area contributed by atoms with Gasteiger partial charge in [0.05, 0.1) is 5.92 Å². The molecule has 0 saturated carbocycles. The highest BCUT2D eigenvalue weighted by molar-refractivity contribution is 6.30. The third-order valence-corrected chi connectivity index (χ3v) is 4.27. The monoisotopic (exact) mass is 358 g/mol. The van der Waals surface area contributed by atoms with Crippen molar-refractivity contribution in [1.82, 2.24) is 0 Å². The molecule has 0 amide bonds. The molecule has 0 aliphatic rings. The van der Waals surface area contributed by atoms with Gasteiger partial charge >= 0.3 is 5.97 Å². The predicted molar refractivity (Wildman–Crippen MR) is 93.3 cm³/mol. The van der Waals surface area contributed by atoms with E-state index in [1.54, 1.807) is 37.3 Å². The molecule has 128 valence electrons. The number of phenolic OH excluding ortho intramolecular Hbond substituents is 1. The standard InChI is InChI=1S/C19H15ClO5/c1-10(19(23)24)8-15-14-7-6-13(21)9-16(14)25-18(15)17(22)11-2-4-12(20)5-3-11/h2-7,9-10,21H,8H2,1H3,(H,23,24). The molecule has 0 spiro atoms. The number of aromatic hydroxyl groups is 1. The number of hydrogen-bond donors (Lipinski definition) is 2. The van der Waals surface area contributed by atoms with Crippen LogP contribution in [0, 0.1) is 5.92 Å². The molecule has 3 rings (SSSR count). The number of hydrogen-bond acceptors (Lipinski definition) is 4. The number of carboxylic acid groups (broad SMARTS) is 1. The van der Waals surface area contributed by atoms with Crippen molar-refractivity contribution in [1.29, 1.82) is 0 Å². The predicted octanol–water partition coefficient (Wildman–Crippen LogP) is 4.29. The maximum absolute atomic E-state index is 12.8. The fourth-order valence-electron chi connectivity index (χ4n) is 2.65. The molecule has 0 radical (unpaired) electrons. The largest absolute Gasteiger partial charge is 0.508 e. The molecule has 0 aliphatic carbocycles. The molecule has 1 unspecified atom stereocenters. The van der Waals surface area contributed by atoms with Crippen molar-refractivity contribution >= 4 is 34.3 Å². The van der Waals surface area contributed by atoms with E-state index in [2.05, 4.69) is 0 Å². The lowest BCUT2D eigenvalue weighted by Gasteiger charge is -2.07. The molecule has 3 aromatic rings. The van der Waals surface area contributed by atoms with Crippen molar-refractivity contribution in [2.45, 2.75) is 13.3 Å². The minimum absolute atomic E-state index is 0.00424. The van der Waals surface area contributed by atoms with Gasteiger partial charge in [0.25, 0.3) is 0 Å². The number of carbonyl (C=O) groups is 2. The maximum atomic E-state index is 12.8. The lowest BCUT2D eigenvalue weighted by atomic mass is 9.95. The Balaban J connectivity index is 2.13. The Labute approximate surface area is 148 Å². The number of halogens is 1. The number of fused-ring (bicyclic) bond motifs is 1. The highest BCUT2D eigenvalue weighted by atomic mass is 35.5. The fraction of sp³-hybridized carbons (Fsp3) is 0.158. The molecule has 1 aromatic heterocycles. The summed E-state index contributed by atoms with van der Waals surface area (Å²) in [5, 5.41) is 20.0. The second-order valence-corrected chi connectivity index (χ2v) is 6.31. The van der Waals surface area contributed by atoms with Crippen LogP contribution in [0.3, 0.4) is 0 Å². The van der Waals surface area contributed by atoms with E-state index in [9.17, 15) is 19.8 Å². The first-order chi connectivity index (χ1) is 11.9. The van der Waals surface area contributed by atoms with Crippen molar-refractivity contribution in [3.05, 3.63) is 64.4 Å². The lowest BCUT2D eigenvalue weighted by molar-refractivity contribution is -0.141. The summed E-state index contributed by atoms with van der Waals surface area (Å²) >= 11 is 5.85. The minimum Gasteiger partial charge on any atom is -0.508 e. The highest BCUT2D eigenvalue weighted by Gasteiger charge is 2.25. The van der Waals surface area contributed by atoms with Gasteiger partial charge in [-0.25, -0.2) is 0 Å². The Bertz CT molecular complexity index is 956. The van der Waals surface area contributed by atoms with Crippen LogP contribution < -0.4 is 0 Å². The minimum atomic E-state index is -0.960. The molecule has 0 fully saturated rings. The van der Waals surface area contributed by atoms with Crippen LogP contribution in [0.2, 0.25) is 5.02 Å². The lowest BCUT2D eigenvalue weighted by Crippen LogP contribution is -2.14. The highest BCUT2D eigenvalue weighted by Crippen LogP contribution is 2.32. The first-order valence-corrected chi connectivity index (χ1v) is 8.02. The van der Waals surface area contributed by atoms with Gasteiger partial charge in [-0.05, 0) is 42.8 Å². The Hall–Kier alpha value is -2.79. The van der Waals surface area contributed by atoms with E-state index in [-0.39, 0.29) is 23.7 Å². The molecule has 1 heterocycles. The number of phenols is 1. The number of aliphatic carboxylic acids is 1. The van der Waals surface area contributed by atoms with Gasteiger partial charge in [0, 0.05) is 27.6 Å². The van der Waals surface area contributed by atoms with Crippen molar-refractivity contribution in [3.63, 3.8) is 0 Å². The van der Waals surface area contributed by atoms with Gasteiger partial charge < -0.3 is 14.6 Å². The molecule has 2 N–H and O–H groups in total. The van der Waals surface area contributed by atoms with Crippen LogP contribution in [0.4, 0.5) is 0 Å². The van der Waals surface area contributed by atoms with Crippen LogP contribution in [0.15, 0.2) is 46.9 Å². The fourth-order valence-corrected chi connectivity index (χ4v) is 2.78. The second kappa shape index (κ2) is 6.61. The van der Waals surface area contributed by atoms with Gasteiger partial charge in [-0.2, -0.15) is 0 Å². The first kappa shape index (κ1) is 17.0. The van der Waals surface area contributed by atoms with Gasteiger partial charge in [-0.3, -0.25) is 9.59 Å². The summed E-state index contributed by atoms with van der Waals surface area (Å²) in [7, 11) is 0. The van der Waals surface area contributed by atoms with E-state index in [0.29, 0.717) is 27.1 Å². The summed E-state index contributed by atoms with van der Waals surface area (Å²) in [5.41, 5.74) is 1.24. The topological polar surface area (TPSA) is 87.7 Å². The average molecular weight is 359 g/mol. The average Bonchev–Trinajstić information content (AvgIpc) is 2.92. The molecule has 0 aliphatic heterocycles. The number of carboxylic acids is 1. The molecular formula is C19H15ClO5. The van der Waals surface area contributed by atoms with E-state index in [4.69, 9.17) is 16.0 Å². The Kier molecular flexibility index (Phi) is 4.51. The third kappa shape index (κ3) is 3.37. The summed E-state index contributed by atoms with van der Waals surface area (Å²) in [6, 6.07) is 10.9. The molecule has 25 heavy (non-hydrogen) atoms. The van der Waals surface area contributed by atoms with Crippen LogP contribution in [-0.2, 0) is 11.2 Å². The summed E-state index contributed by atoms with van der Waals surface area (Å²) in [6.07, 6.45) is 0.141. The normalized spacial score (nSPS) is 12.2. The number of carbonyl (C=O) groups excluding carboxylic acids is 1. The Morgan fingerprint density at radius 2 is 1.84 bits per heavy atom. The van der Waals surface area contributed by atoms with Gasteiger partial charge in [0.2, 0.25) is 5.78 Å². The molecule has 0 bridgehead atoms. The van der Waals surface area contributed by atoms with Crippen LogP contribution in [-0.4, -0.2) is 22.0 Å². The van der Waals surface area contributed by atoms with Crippen molar-refractivity contribution in [2.24, 2.45) is 5.92 Å². The van der Waals surface area contributed by atoms with Gasteiger partial charge in [0.15, 0.2) is 5.76 Å². The molecule has 5 nitrogen and oxygen atoms in total. The van der Waals surface area contributed by atoms with E-state index in [1.165, 1.54) is 12.1 Å². The van der Waals surface area contributed by atoms with Crippen molar-refractivity contribution in [3.8, 4) is 5.75 Å². The van der Waals surface area contributed by atoms with E-state index < -0.39 is 11.9 Å². The Morgan fingerprint density at radius 3 is 2.48 bits per heavy atom. The summed E-state index contributed by atoms with van der Waals surface area (Å²) in [6.45, 7) is 1.57. The third-order valence-electron chi connectivity index (χ3n) is 4.02. The maximum Gasteiger partial charge on any atom is 0.306 e. The number of furan rings is 1. The van der Waals surface area contributed by atoms with Crippen molar-refractivity contribution < 1.29 is 24.2 Å². The van der Waals surface area contributed by atoms with Gasteiger partial charge in [0.1, 0.15) is 11.3 Å². The first-order valence-electron chi connectivity index (χ1n) is 7.64. The zero-order chi connectivity index (χ0) is 18.1. The van der Waals surface area contributed by atoms with Crippen LogP contribution in [0.1, 0.15) is 28.6 Å². The molecule has 1 atom stereocenters. The number of ketones is 1. The molecule has 6 heteroatoms. The van der Waals surface area contributed by atoms with E-state index >= 15 is 0 Å². The summed E-state index contributed by atoms with van der Waals surface area (Å²) in [4.78, 5) is 24.1. The molecule has 2 aromatic carbocycles. The van der Waals surface area contributed by atoms with Crippen molar-refractivity contribution in [2.75, 3.05) is 0 Å². The van der Waals surface area contributed by atoms with E-state index in [0.717, 1.165) is 0 Å². The van der Waals surface area contributed by atoms with Gasteiger partial charge in [-0.15, -0.1) is 0 Å². The van der Waals surface area contributed by atoms with Crippen LogP contribution in [0.25, 0.3) is 11.0 Å².